The van der Waals surface area contributed by atoms with Gasteiger partial charge in [-0.2, -0.15) is 0 Å². The summed E-state index contributed by atoms with van der Waals surface area (Å²) in [6.07, 6.45) is 4.51. The first kappa shape index (κ1) is 15.0. The van der Waals surface area contributed by atoms with Gasteiger partial charge in [0.25, 0.3) is 5.91 Å². The van der Waals surface area contributed by atoms with Crippen molar-refractivity contribution in [3.05, 3.63) is 49.5 Å². The number of nitrogens with one attached hydrogen (secondary N) is 1. The fraction of sp³-hybridized carbons (Fsp3) is 0.438. The third-order valence-electron chi connectivity index (χ3n) is 3.69. The summed E-state index contributed by atoms with van der Waals surface area (Å²) in [4.78, 5) is 29.6. The molecule has 6 heteroatoms. The van der Waals surface area contributed by atoms with Crippen LogP contribution in [0.15, 0.2) is 21.3 Å². The van der Waals surface area contributed by atoms with Gasteiger partial charge in [-0.1, -0.05) is 0 Å². The number of carbonyl (C=O) groups excluding carboxylic acids is 1. The van der Waals surface area contributed by atoms with Gasteiger partial charge in [-0.05, 0) is 39.5 Å². The average Bonchev–Trinajstić information content (AvgIpc) is 2.90. The van der Waals surface area contributed by atoms with Crippen LogP contribution in [0.3, 0.4) is 0 Å². The van der Waals surface area contributed by atoms with Crippen LogP contribution < -0.4 is 10.7 Å². The maximum absolute atomic E-state index is 12.2. The minimum atomic E-state index is -0.388. The highest BCUT2D eigenvalue weighted by atomic mass is 32.1. The molecule has 2 aromatic rings. The molecule has 0 spiro atoms. The van der Waals surface area contributed by atoms with Crippen molar-refractivity contribution in [1.29, 1.82) is 0 Å². The second-order valence-electron chi connectivity index (χ2n) is 5.59. The van der Waals surface area contributed by atoms with Crippen LogP contribution in [0.1, 0.15) is 57.7 Å². The van der Waals surface area contributed by atoms with Gasteiger partial charge in [0.05, 0.1) is 11.7 Å². The molecule has 1 aliphatic carbocycles. The molecular weight excluding hydrogens is 300 g/mol. The Kier molecular flexibility index (Phi) is 4.11. The Labute approximate surface area is 132 Å². The van der Waals surface area contributed by atoms with Gasteiger partial charge in [0.15, 0.2) is 11.2 Å². The Bertz CT molecular complexity index is 739. The summed E-state index contributed by atoms with van der Waals surface area (Å²) in [5.41, 5.74) is 0.945. The van der Waals surface area contributed by atoms with E-state index in [-0.39, 0.29) is 23.1 Å². The molecule has 0 saturated heterocycles. The molecule has 0 unspecified atom stereocenters. The van der Waals surface area contributed by atoms with Crippen molar-refractivity contribution in [2.75, 3.05) is 0 Å². The largest absolute Gasteiger partial charge is 0.456 e. The van der Waals surface area contributed by atoms with Gasteiger partial charge in [0.1, 0.15) is 10.8 Å². The Morgan fingerprint density at radius 1 is 1.36 bits per heavy atom. The molecule has 0 bridgehead atoms. The summed E-state index contributed by atoms with van der Waals surface area (Å²) in [5.74, 6) is 0.0784. The van der Waals surface area contributed by atoms with Crippen molar-refractivity contribution in [3.8, 4) is 0 Å². The van der Waals surface area contributed by atoms with Crippen LogP contribution >= 0.6 is 11.3 Å². The van der Waals surface area contributed by atoms with Crippen molar-refractivity contribution in [1.82, 2.24) is 10.3 Å². The number of carbonyl (C=O) groups is 1. The van der Waals surface area contributed by atoms with Crippen LogP contribution in [0.2, 0.25) is 0 Å². The zero-order valence-electron chi connectivity index (χ0n) is 12.6. The summed E-state index contributed by atoms with van der Waals surface area (Å²) in [7, 11) is 0. The highest BCUT2D eigenvalue weighted by Gasteiger charge is 2.20. The zero-order valence-corrected chi connectivity index (χ0v) is 13.5. The van der Waals surface area contributed by atoms with E-state index in [2.05, 4.69) is 10.3 Å². The quantitative estimate of drug-likeness (QED) is 0.944. The van der Waals surface area contributed by atoms with Crippen molar-refractivity contribution in [2.24, 2.45) is 0 Å². The molecule has 0 radical (unpaired) electrons. The Morgan fingerprint density at radius 2 is 2.14 bits per heavy atom. The fourth-order valence-electron chi connectivity index (χ4n) is 2.60. The second-order valence-corrected chi connectivity index (χ2v) is 6.71. The van der Waals surface area contributed by atoms with Crippen LogP contribution in [0.5, 0.6) is 0 Å². The van der Waals surface area contributed by atoms with Gasteiger partial charge < -0.3 is 9.73 Å². The molecule has 0 aromatic carbocycles. The number of aromatic nitrogens is 1. The van der Waals surface area contributed by atoms with E-state index < -0.39 is 0 Å². The number of amides is 1. The second kappa shape index (κ2) is 6.04. The number of rotatable bonds is 3. The standard InChI is InChI=1S/C16H18N2O3S/c1-9-7-11(19)8-13(21-9)15(20)17-10(2)16-18-12-5-3-4-6-14(12)22-16/h7-8,10H,3-6H2,1-2H3,(H,17,20)/t10-/m1/s1. The molecule has 1 aliphatic rings. The highest BCUT2D eigenvalue weighted by Crippen LogP contribution is 2.29. The average molecular weight is 318 g/mol. The molecule has 1 atom stereocenters. The Hall–Kier alpha value is -1.95. The molecule has 0 aliphatic heterocycles. The molecule has 2 heterocycles. The summed E-state index contributed by atoms with van der Waals surface area (Å²) in [6.45, 7) is 3.55. The smallest absolute Gasteiger partial charge is 0.287 e. The van der Waals surface area contributed by atoms with Gasteiger partial charge in [0.2, 0.25) is 0 Å². The van der Waals surface area contributed by atoms with E-state index in [0.717, 1.165) is 17.8 Å². The maximum Gasteiger partial charge on any atom is 0.287 e. The monoisotopic (exact) mass is 318 g/mol. The number of hydrogen-bond donors (Lipinski definition) is 1. The van der Waals surface area contributed by atoms with Crippen LogP contribution in [0.4, 0.5) is 0 Å². The fourth-order valence-corrected chi connectivity index (χ4v) is 3.76. The lowest BCUT2D eigenvalue weighted by Gasteiger charge is -2.10. The molecule has 22 heavy (non-hydrogen) atoms. The van der Waals surface area contributed by atoms with Crippen LogP contribution in [-0.4, -0.2) is 10.9 Å². The molecule has 116 valence electrons. The number of thiazole rings is 1. The van der Waals surface area contributed by atoms with E-state index in [1.54, 1.807) is 18.3 Å². The SMILES string of the molecule is Cc1cc(=O)cc(C(=O)N[C@H](C)c2nc3c(s2)CCCC3)o1. The number of aryl methyl sites for hydroxylation is 3. The molecule has 1 amide bonds. The topological polar surface area (TPSA) is 72.2 Å². The van der Waals surface area contributed by atoms with E-state index >= 15 is 0 Å². The predicted octanol–water partition coefficient (Wildman–Crippen LogP) is 2.77. The molecule has 5 nitrogen and oxygen atoms in total. The van der Waals surface area contributed by atoms with E-state index in [9.17, 15) is 9.59 Å². The minimum absolute atomic E-state index is 0.0400. The van der Waals surface area contributed by atoms with Crippen molar-refractivity contribution in [2.45, 2.75) is 45.6 Å². The van der Waals surface area contributed by atoms with Crippen molar-refractivity contribution in [3.63, 3.8) is 0 Å². The van der Waals surface area contributed by atoms with Crippen LogP contribution in [0.25, 0.3) is 0 Å². The van der Waals surface area contributed by atoms with E-state index in [1.807, 2.05) is 6.92 Å². The molecule has 0 saturated carbocycles. The highest BCUT2D eigenvalue weighted by molar-refractivity contribution is 7.11. The van der Waals surface area contributed by atoms with E-state index in [4.69, 9.17) is 4.42 Å². The first-order valence-corrected chi connectivity index (χ1v) is 8.25. The van der Waals surface area contributed by atoms with E-state index in [0.29, 0.717) is 5.76 Å². The molecule has 3 rings (SSSR count). The van der Waals surface area contributed by atoms with Crippen molar-refractivity contribution < 1.29 is 9.21 Å². The molecule has 0 fully saturated rings. The van der Waals surface area contributed by atoms with Gasteiger partial charge in [-0.25, -0.2) is 4.98 Å². The summed E-state index contributed by atoms with van der Waals surface area (Å²) >= 11 is 1.67. The number of nitrogens with zero attached hydrogens (tertiary/aromatic N) is 1. The molecule has 2 aromatic heterocycles. The minimum Gasteiger partial charge on any atom is -0.456 e. The lowest BCUT2D eigenvalue weighted by atomic mass is 10.0. The Morgan fingerprint density at radius 3 is 2.86 bits per heavy atom. The normalized spacial score (nSPS) is 15.2. The summed E-state index contributed by atoms with van der Waals surface area (Å²) in [6, 6.07) is 2.37. The first-order chi connectivity index (χ1) is 10.5. The van der Waals surface area contributed by atoms with Gasteiger partial charge in [-0.3, -0.25) is 9.59 Å². The number of hydrogen-bond acceptors (Lipinski definition) is 5. The lowest BCUT2D eigenvalue weighted by molar-refractivity contribution is 0.0907. The summed E-state index contributed by atoms with van der Waals surface area (Å²) < 4.78 is 5.31. The summed E-state index contributed by atoms with van der Waals surface area (Å²) in [5, 5.41) is 3.76. The van der Waals surface area contributed by atoms with Crippen LogP contribution in [-0.2, 0) is 12.8 Å². The number of fused-ring (bicyclic) bond motifs is 1. The third-order valence-corrected chi connectivity index (χ3v) is 5.03. The van der Waals surface area contributed by atoms with Crippen LogP contribution in [0, 0.1) is 6.92 Å². The third kappa shape index (κ3) is 3.11. The van der Waals surface area contributed by atoms with E-state index in [1.165, 1.54) is 35.5 Å². The van der Waals surface area contributed by atoms with Gasteiger partial charge >= 0.3 is 0 Å². The molecular formula is C16H18N2O3S. The molecule has 1 N–H and O–H groups in total. The first-order valence-electron chi connectivity index (χ1n) is 7.44. The van der Waals surface area contributed by atoms with Gasteiger partial charge in [0, 0.05) is 17.0 Å². The maximum atomic E-state index is 12.2. The Balaban J connectivity index is 1.75. The van der Waals surface area contributed by atoms with Gasteiger partial charge in [-0.15, -0.1) is 11.3 Å². The lowest BCUT2D eigenvalue weighted by Crippen LogP contribution is -2.27. The zero-order chi connectivity index (χ0) is 15.7. The predicted molar refractivity (Wildman–Crippen MR) is 84.4 cm³/mol. The van der Waals surface area contributed by atoms with Crippen molar-refractivity contribution >= 4 is 17.2 Å².